The molecule has 0 aliphatic heterocycles. The van der Waals surface area contributed by atoms with E-state index in [2.05, 4.69) is 4.72 Å². The van der Waals surface area contributed by atoms with Gasteiger partial charge < -0.3 is 4.90 Å². The second-order valence-corrected chi connectivity index (χ2v) is 8.74. The monoisotopic (exact) mass is 477 g/mol. The third-order valence-electron chi connectivity index (χ3n) is 4.47. The van der Waals surface area contributed by atoms with Crippen molar-refractivity contribution in [3.63, 3.8) is 0 Å². The van der Waals surface area contributed by atoms with E-state index in [0.29, 0.717) is 5.69 Å². The first-order valence-corrected chi connectivity index (χ1v) is 11.1. The maximum atomic E-state index is 13.4. The molecule has 0 radical (unpaired) electrons. The number of nitrogens with zero attached hydrogens (tertiary/aromatic N) is 2. The molecule has 3 aromatic rings. The minimum Gasteiger partial charge on any atom is -0.307 e. The number of rotatable bonds is 8. The van der Waals surface area contributed by atoms with Crippen LogP contribution in [0, 0.1) is 15.9 Å². The Balaban J connectivity index is 1.79. The average Bonchev–Trinajstić information content (AvgIpc) is 2.77. The summed E-state index contributed by atoms with van der Waals surface area (Å²) in [5.41, 5.74) is 0.319. The van der Waals surface area contributed by atoms with E-state index in [-0.39, 0.29) is 34.3 Å². The Hall–Kier alpha value is -3.34. The number of nitrogens with one attached hydrogen (secondary N) is 1. The van der Waals surface area contributed by atoms with Gasteiger partial charge in [-0.3, -0.25) is 14.9 Å². The van der Waals surface area contributed by atoms with Crippen LogP contribution in [0.15, 0.2) is 77.7 Å². The predicted molar refractivity (Wildman–Crippen MR) is 118 cm³/mol. The molecule has 11 heteroatoms. The SMILES string of the molecule is O=C(c1ccccc1Cl)N(CCNS(=O)(=O)c1ccc([N+](=O)[O-])cc1)c1ccc(F)cc1. The predicted octanol–water partition coefficient (Wildman–Crippen LogP) is 4.01. The summed E-state index contributed by atoms with van der Waals surface area (Å²) in [6.07, 6.45) is 0. The average molecular weight is 478 g/mol. The van der Waals surface area contributed by atoms with E-state index >= 15 is 0 Å². The van der Waals surface area contributed by atoms with Crippen LogP contribution in [0.1, 0.15) is 10.4 Å². The number of carbonyl (C=O) groups is 1. The molecule has 0 unspecified atom stereocenters. The van der Waals surface area contributed by atoms with E-state index < -0.39 is 26.7 Å². The molecular formula is C21H17ClFN3O5S. The summed E-state index contributed by atoms with van der Waals surface area (Å²) in [6.45, 7) is -0.255. The first-order valence-electron chi connectivity index (χ1n) is 9.25. The minimum atomic E-state index is -3.98. The Bertz CT molecular complexity index is 1240. The largest absolute Gasteiger partial charge is 0.307 e. The lowest BCUT2D eigenvalue weighted by molar-refractivity contribution is -0.384. The van der Waals surface area contributed by atoms with Crippen LogP contribution in [-0.2, 0) is 10.0 Å². The zero-order valence-electron chi connectivity index (χ0n) is 16.4. The van der Waals surface area contributed by atoms with Gasteiger partial charge in [0.05, 0.1) is 20.4 Å². The van der Waals surface area contributed by atoms with E-state index in [1.807, 2.05) is 0 Å². The Morgan fingerprint density at radius 2 is 1.66 bits per heavy atom. The van der Waals surface area contributed by atoms with Crippen molar-refractivity contribution in [1.29, 1.82) is 0 Å². The molecule has 1 N–H and O–H groups in total. The molecule has 0 aliphatic carbocycles. The van der Waals surface area contributed by atoms with Crippen LogP contribution in [0.5, 0.6) is 0 Å². The highest BCUT2D eigenvalue weighted by atomic mass is 35.5. The molecule has 166 valence electrons. The zero-order valence-corrected chi connectivity index (χ0v) is 18.0. The molecule has 0 fully saturated rings. The molecule has 0 heterocycles. The second-order valence-electron chi connectivity index (χ2n) is 6.56. The van der Waals surface area contributed by atoms with E-state index in [4.69, 9.17) is 11.6 Å². The fourth-order valence-electron chi connectivity index (χ4n) is 2.87. The molecule has 8 nitrogen and oxygen atoms in total. The van der Waals surface area contributed by atoms with Crippen LogP contribution in [0.4, 0.5) is 15.8 Å². The second kappa shape index (κ2) is 9.86. The molecule has 0 saturated carbocycles. The van der Waals surface area contributed by atoms with Gasteiger partial charge in [0.1, 0.15) is 5.82 Å². The summed E-state index contributed by atoms with van der Waals surface area (Å²) in [5, 5.41) is 11.0. The number of carbonyl (C=O) groups excluding carboxylic acids is 1. The van der Waals surface area contributed by atoms with Gasteiger partial charge in [0.2, 0.25) is 10.0 Å². The Labute approximate surface area is 188 Å². The third-order valence-corrected chi connectivity index (χ3v) is 6.28. The van der Waals surface area contributed by atoms with Gasteiger partial charge in [-0.15, -0.1) is 0 Å². The number of hydrogen-bond acceptors (Lipinski definition) is 5. The Kier molecular flexibility index (Phi) is 7.18. The molecule has 0 spiro atoms. The molecule has 0 bridgehead atoms. The lowest BCUT2D eigenvalue weighted by Crippen LogP contribution is -2.38. The van der Waals surface area contributed by atoms with Gasteiger partial charge in [0, 0.05) is 30.9 Å². The van der Waals surface area contributed by atoms with Crippen molar-refractivity contribution < 1.29 is 22.5 Å². The van der Waals surface area contributed by atoms with Crippen LogP contribution >= 0.6 is 11.6 Å². The summed E-state index contributed by atoms with van der Waals surface area (Å²) < 4.78 is 40.7. The first-order chi connectivity index (χ1) is 15.2. The van der Waals surface area contributed by atoms with Gasteiger partial charge in [-0.1, -0.05) is 23.7 Å². The summed E-state index contributed by atoms with van der Waals surface area (Å²) in [7, 11) is -3.98. The fourth-order valence-corrected chi connectivity index (χ4v) is 4.11. The number of anilines is 1. The number of sulfonamides is 1. The van der Waals surface area contributed by atoms with Crippen LogP contribution < -0.4 is 9.62 Å². The van der Waals surface area contributed by atoms with Crippen LogP contribution in [0.25, 0.3) is 0 Å². The molecular weight excluding hydrogens is 461 g/mol. The van der Waals surface area contributed by atoms with Crippen LogP contribution in [-0.4, -0.2) is 32.3 Å². The summed E-state index contributed by atoms with van der Waals surface area (Å²) >= 11 is 6.13. The lowest BCUT2D eigenvalue weighted by atomic mass is 10.1. The quantitative estimate of drug-likeness (QED) is 0.389. The molecule has 3 aromatic carbocycles. The maximum absolute atomic E-state index is 13.4. The van der Waals surface area contributed by atoms with Crippen molar-refractivity contribution in [3.8, 4) is 0 Å². The van der Waals surface area contributed by atoms with Crippen molar-refractivity contribution in [2.75, 3.05) is 18.0 Å². The smallest absolute Gasteiger partial charge is 0.269 e. The van der Waals surface area contributed by atoms with Gasteiger partial charge >= 0.3 is 0 Å². The molecule has 0 saturated heterocycles. The van der Waals surface area contributed by atoms with Crippen molar-refractivity contribution in [3.05, 3.63) is 99.3 Å². The van der Waals surface area contributed by atoms with Crippen molar-refractivity contribution in [1.82, 2.24) is 4.72 Å². The molecule has 32 heavy (non-hydrogen) atoms. The normalized spacial score (nSPS) is 11.2. The van der Waals surface area contributed by atoms with E-state index in [1.54, 1.807) is 18.2 Å². The van der Waals surface area contributed by atoms with Gasteiger partial charge in [-0.25, -0.2) is 17.5 Å². The lowest BCUT2D eigenvalue weighted by Gasteiger charge is -2.23. The van der Waals surface area contributed by atoms with Crippen molar-refractivity contribution >= 4 is 38.9 Å². The molecule has 0 aliphatic rings. The van der Waals surface area contributed by atoms with Gasteiger partial charge in [-0.05, 0) is 48.5 Å². The molecule has 0 atom stereocenters. The number of benzene rings is 3. The number of non-ortho nitro benzene ring substituents is 1. The topological polar surface area (TPSA) is 110 Å². The number of nitro groups is 1. The maximum Gasteiger partial charge on any atom is 0.269 e. The van der Waals surface area contributed by atoms with Gasteiger partial charge in [0.15, 0.2) is 0 Å². The number of halogens is 2. The van der Waals surface area contributed by atoms with E-state index in [9.17, 15) is 27.7 Å². The minimum absolute atomic E-state index is 0.0814. The highest BCUT2D eigenvalue weighted by Gasteiger charge is 2.22. The van der Waals surface area contributed by atoms with E-state index in [0.717, 1.165) is 24.3 Å². The number of nitro benzene ring substituents is 1. The Morgan fingerprint density at radius 1 is 1.03 bits per heavy atom. The fraction of sp³-hybridized carbons (Fsp3) is 0.0952. The Morgan fingerprint density at radius 3 is 2.25 bits per heavy atom. The summed E-state index contributed by atoms with van der Waals surface area (Å²) in [4.78, 5) is 24.3. The number of amides is 1. The first kappa shape index (κ1) is 23.3. The van der Waals surface area contributed by atoms with Crippen molar-refractivity contribution in [2.24, 2.45) is 0 Å². The van der Waals surface area contributed by atoms with Crippen molar-refractivity contribution in [2.45, 2.75) is 4.90 Å². The van der Waals surface area contributed by atoms with Crippen LogP contribution in [0.2, 0.25) is 5.02 Å². The van der Waals surface area contributed by atoms with E-state index in [1.165, 1.54) is 35.2 Å². The number of hydrogen-bond donors (Lipinski definition) is 1. The molecule has 0 aromatic heterocycles. The molecule has 1 amide bonds. The third kappa shape index (κ3) is 5.47. The zero-order chi connectivity index (χ0) is 23.3. The van der Waals surface area contributed by atoms with Gasteiger partial charge in [0.25, 0.3) is 11.6 Å². The highest BCUT2D eigenvalue weighted by Crippen LogP contribution is 2.22. The summed E-state index contributed by atoms with van der Waals surface area (Å²) in [6, 6.07) is 16.0. The molecule has 3 rings (SSSR count). The van der Waals surface area contributed by atoms with Crippen LogP contribution in [0.3, 0.4) is 0 Å². The standard InChI is InChI=1S/C21H17ClFN3O5S/c22-20-4-2-1-3-19(20)21(27)25(16-7-5-15(23)6-8-16)14-13-24-32(30,31)18-11-9-17(10-12-18)26(28)29/h1-12,24H,13-14H2. The summed E-state index contributed by atoms with van der Waals surface area (Å²) in [5.74, 6) is -0.977. The van der Waals surface area contributed by atoms with Gasteiger partial charge in [-0.2, -0.15) is 0 Å². The highest BCUT2D eigenvalue weighted by molar-refractivity contribution is 7.89.